The number of carbonyl (C=O) groups excluding carboxylic acids is 3. The Hall–Kier alpha value is -2.77. The van der Waals surface area contributed by atoms with E-state index in [-0.39, 0.29) is 34.8 Å². The van der Waals surface area contributed by atoms with Gasteiger partial charge in [0.25, 0.3) is 0 Å². The smallest absolute Gasteiger partial charge is 0.342 e. The van der Waals surface area contributed by atoms with E-state index in [1.54, 1.807) is 36.4 Å². The zero-order chi connectivity index (χ0) is 18.7. The van der Waals surface area contributed by atoms with Gasteiger partial charge in [-0.05, 0) is 18.2 Å². The number of esters is 1. The number of benzene rings is 2. The van der Waals surface area contributed by atoms with Crippen LogP contribution in [-0.2, 0) is 14.4 Å². The van der Waals surface area contributed by atoms with Gasteiger partial charge in [0.1, 0.15) is 11.0 Å². The van der Waals surface area contributed by atoms with Gasteiger partial charge in [0.2, 0.25) is 11.8 Å². The van der Waals surface area contributed by atoms with Crippen molar-refractivity contribution >= 4 is 47.6 Å². The second-order valence-corrected chi connectivity index (χ2v) is 7.78. The summed E-state index contributed by atoms with van der Waals surface area (Å²) in [5.41, 5.74) is 7.65. The second-order valence-electron chi connectivity index (χ2n) is 6.59. The Balaban J connectivity index is 0.00000192. The van der Waals surface area contributed by atoms with Gasteiger partial charge in [-0.3, -0.25) is 9.59 Å². The van der Waals surface area contributed by atoms with Crippen LogP contribution < -0.4 is 15.4 Å². The molecule has 8 heteroatoms. The van der Waals surface area contributed by atoms with Gasteiger partial charge in [-0.15, -0.1) is 12.4 Å². The molecule has 2 aromatic rings. The van der Waals surface area contributed by atoms with Crippen LogP contribution in [0, 0.1) is 5.92 Å². The molecule has 6 nitrogen and oxygen atoms in total. The molecule has 3 aliphatic rings. The van der Waals surface area contributed by atoms with Crippen LogP contribution in [0.15, 0.2) is 65.2 Å². The number of ether oxygens (including phenoxy) is 1. The molecule has 142 valence electrons. The lowest BCUT2D eigenvalue weighted by Crippen LogP contribution is -2.39. The Bertz CT molecular complexity index is 1040. The number of hydrogen-bond acceptors (Lipinski definition) is 6. The molecule has 3 unspecified atom stereocenters. The average molecular weight is 415 g/mol. The third-order valence-electron chi connectivity index (χ3n) is 5.18. The zero-order valence-electron chi connectivity index (χ0n) is 14.4. The highest BCUT2D eigenvalue weighted by Gasteiger charge is 2.58. The van der Waals surface area contributed by atoms with E-state index in [1.165, 1.54) is 4.90 Å². The summed E-state index contributed by atoms with van der Waals surface area (Å²) in [7, 11) is 0. The maximum atomic E-state index is 13.3. The lowest BCUT2D eigenvalue weighted by atomic mass is 9.77. The third-order valence-corrected chi connectivity index (χ3v) is 6.40. The summed E-state index contributed by atoms with van der Waals surface area (Å²) in [6.07, 6.45) is 0. The fraction of sp³-hybridized carbons (Fsp3) is 0.150. The highest BCUT2D eigenvalue weighted by molar-refractivity contribution is 8.04. The minimum atomic E-state index is -0.695. The maximum Gasteiger partial charge on any atom is 0.342 e. The molecule has 2 aromatic carbocycles. The lowest BCUT2D eigenvalue weighted by molar-refractivity contribution is -0.131. The van der Waals surface area contributed by atoms with Crippen LogP contribution >= 0.6 is 24.2 Å². The molecular formula is C20H15ClN2O4S. The molecule has 0 bridgehead atoms. The topological polar surface area (TPSA) is 89.7 Å². The van der Waals surface area contributed by atoms with Crippen molar-refractivity contribution in [3.63, 3.8) is 0 Å². The minimum Gasteiger partial charge on any atom is -0.423 e. The van der Waals surface area contributed by atoms with Crippen LogP contribution in [0.1, 0.15) is 11.5 Å². The highest BCUT2D eigenvalue weighted by Crippen LogP contribution is 2.54. The Morgan fingerprint density at radius 1 is 0.929 bits per heavy atom. The number of imide groups is 1. The predicted octanol–water partition coefficient (Wildman–Crippen LogP) is 2.59. The van der Waals surface area contributed by atoms with E-state index in [2.05, 4.69) is 0 Å². The van der Waals surface area contributed by atoms with Crippen LogP contribution in [0.2, 0.25) is 0 Å². The van der Waals surface area contributed by atoms with E-state index >= 15 is 0 Å². The molecule has 3 heterocycles. The summed E-state index contributed by atoms with van der Waals surface area (Å²) in [5, 5.41) is -0.415. The molecule has 0 aliphatic carbocycles. The molecule has 0 radical (unpaired) electrons. The Morgan fingerprint density at radius 3 is 2.36 bits per heavy atom. The number of hydrogen-bond donors (Lipinski definition) is 1. The highest BCUT2D eigenvalue weighted by atomic mass is 35.5. The lowest BCUT2D eigenvalue weighted by Gasteiger charge is -2.36. The summed E-state index contributed by atoms with van der Waals surface area (Å²) in [6, 6.07) is 15.9. The van der Waals surface area contributed by atoms with Crippen LogP contribution in [0.25, 0.3) is 0 Å². The molecule has 0 aromatic heterocycles. The standard InChI is InChI=1S/C20H14N2O4S.ClH/c21-17-15-13(11-8-4-5-9-12(11)26-20(15)25)14-16(27-17)19(24)22(18(14)23)10-6-2-1-3-7-10;/h1-9,13-14,16H,21H2;1H. The van der Waals surface area contributed by atoms with E-state index in [4.69, 9.17) is 10.5 Å². The van der Waals surface area contributed by atoms with Gasteiger partial charge >= 0.3 is 5.97 Å². The van der Waals surface area contributed by atoms with E-state index in [0.29, 0.717) is 17.0 Å². The number of halogens is 1. The summed E-state index contributed by atoms with van der Waals surface area (Å²) in [4.78, 5) is 40.1. The number of nitrogens with two attached hydrogens (primary N) is 1. The SMILES string of the molecule is Cl.NC1=C2C(=O)Oc3ccccc3C2C2C(=O)N(c3ccccc3)C(=O)C2S1. The third kappa shape index (κ3) is 2.47. The Labute approximate surface area is 171 Å². The number of thioether (sulfide) groups is 1. The minimum absolute atomic E-state index is 0. The summed E-state index contributed by atoms with van der Waals surface area (Å²) in [6.45, 7) is 0. The largest absolute Gasteiger partial charge is 0.423 e. The summed E-state index contributed by atoms with van der Waals surface area (Å²) in [5.74, 6) is -2.05. The van der Waals surface area contributed by atoms with Crippen molar-refractivity contribution in [1.29, 1.82) is 0 Å². The van der Waals surface area contributed by atoms with Crippen molar-refractivity contribution in [2.75, 3.05) is 4.90 Å². The van der Waals surface area contributed by atoms with Crippen molar-refractivity contribution in [3.8, 4) is 5.75 Å². The van der Waals surface area contributed by atoms with E-state index < -0.39 is 23.1 Å². The molecule has 1 fully saturated rings. The van der Waals surface area contributed by atoms with Gasteiger partial charge in [0, 0.05) is 11.5 Å². The van der Waals surface area contributed by atoms with Gasteiger partial charge in [0.15, 0.2) is 0 Å². The van der Waals surface area contributed by atoms with Gasteiger partial charge in [0.05, 0.1) is 22.2 Å². The fourth-order valence-corrected chi connectivity index (χ4v) is 5.27. The molecule has 3 aliphatic heterocycles. The first kappa shape index (κ1) is 18.6. The predicted molar refractivity (Wildman–Crippen MR) is 107 cm³/mol. The monoisotopic (exact) mass is 414 g/mol. The first-order valence-corrected chi connectivity index (χ1v) is 9.36. The molecule has 3 atom stereocenters. The number of amides is 2. The first-order valence-electron chi connectivity index (χ1n) is 8.48. The summed E-state index contributed by atoms with van der Waals surface area (Å²) < 4.78 is 5.39. The average Bonchev–Trinajstić information content (AvgIpc) is 2.92. The first-order chi connectivity index (χ1) is 13.1. The maximum absolute atomic E-state index is 13.3. The van der Waals surface area contributed by atoms with Crippen LogP contribution in [0.5, 0.6) is 5.75 Å². The molecule has 1 saturated heterocycles. The van der Waals surface area contributed by atoms with Crippen molar-refractivity contribution < 1.29 is 19.1 Å². The van der Waals surface area contributed by atoms with E-state index in [0.717, 1.165) is 11.8 Å². The van der Waals surface area contributed by atoms with Crippen LogP contribution in [-0.4, -0.2) is 23.0 Å². The molecule has 0 saturated carbocycles. The molecule has 0 spiro atoms. The Morgan fingerprint density at radius 2 is 1.61 bits per heavy atom. The number of rotatable bonds is 1. The van der Waals surface area contributed by atoms with Gasteiger partial charge in [-0.1, -0.05) is 48.2 Å². The van der Waals surface area contributed by atoms with Crippen molar-refractivity contribution in [2.24, 2.45) is 11.7 Å². The number of carbonyl (C=O) groups is 3. The zero-order valence-corrected chi connectivity index (χ0v) is 16.0. The number of para-hydroxylation sites is 2. The van der Waals surface area contributed by atoms with E-state index in [1.807, 2.05) is 18.2 Å². The molecule has 28 heavy (non-hydrogen) atoms. The molecular weight excluding hydrogens is 400 g/mol. The quantitative estimate of drug-likeness (QED) is 0.438. The van der Waals surface area contributed by atoms with Crippen LogP contribution in [0.4, 0.5) is 5.69 Å². The van der Waals surface area contributed by atoms with Crippen molar-refractivity contribution in [3.05, 3.63) is 70.8 Å². The van der Waals surface area contributed by atoms with Crippen LogP contribution in [0.3, 0.4) is 0 Å². The van der Waals surface area contributed by atoms with Crippen molar-refractivity contribution in [1.82, 2.24) is 0 Å². The fourth-order valence-electron chi connectivity index (χ4n) is 4.04. The number of anilines is 1. The molecule has 5 rings (SSSR count). The number of fused-ring (bicyclic) bond motifs is 5. The van der Waals surface area contributed by atoms with E-state index in [9.17, 15) is 14.4 Å². The normalized spacial score (nSPS) is 25.5. The number of nitrogens with zero attached hydrogens (tertiary/aromatic N) is 1. The second kappa shape index (κ2) is 6.68. The summed E-state index contributed by atoms with van der Waals surface area (Å²) >= 11 is 1.08. The van der Waals surface area contributed by atoms with Gasteiger partial charge in [-0.25, -0.2) is 9.69 Å². The van der Waals surface area contributed by atoms with Gasteiger partial charge < -0.3 is 10.5 Å². The van der Waals surface area contributed by atoms with Gasteiger partial charge in [-0.2, -0.15) is 0 Å². The molecule has 2 N–H and O–H groups in total. The van der Waals surface area contributed by atoms with Crippen molar-refractivity contribution in [2.45, 2.75) is 11.2 Å². The molecule has 2 amide bonds. The Kier molecular flexibility index (Phi) is 4.44.